The van der Waals surface area contributed by atoms with Crippen molar-refractivity contribution in [3.05, 3.63) is 35.4 Å². The van der Waals surface area contributed by atoms with Gasteiger partial charge in [0.2, 0.25) is 0 Å². The van der Waals surface area contributed by atoms with Gasteiger partial charge < -0.3 is 15.3 Å². The summed E-state index contributed by atoms with van der Waals surface area (Å²) in [4.78, 5) is 27.6. The Labute approximate surface area is 161 Å². The van der Waals surface area contributed by atoms with Gasteiger partial charge in [-0.2, -0.15) is 0 Å². The van der Waals surface area contributed by atoms with Crippen molar-refractivity contribution in [1.29, 1.82) is 0 Å². The van der Waals surface area contributed by atoms with Gasteiger partial charge >= 0.3 is 12.0 Å². The van der Waals surface area contributed by atoms with Gasteiger partial charge in [0.15, 0.2) is 0 Å². The van der Waals surface area contributed by atoms with Crippen molar-refractivity contribution in [3.63, 3.8) is 0 Å². The quantitative estimate of drug-likeness (QED) is 0.850. The van der Waals surface area contributed by atoms with Crippen LogP contribution in [-0.4, -0.2) is 59.6 Å². The maximum atomic E-state index is 12.9. The number of hydrogen-bond acceptors (Lipinski definition) is 3. The van der Waals surface area contributed by atoms with Crippen molar-refractivity contribution in [2.75, 3.05) is 26.7 Å². The zero-order valence-electron chi connectivity index (χ0n) is 16.4. The van der Waals surface area contributed by atoms with Gasteiger partial charge in [-0.3, -0.25) is 9.69 Å². The van der Waals surface area contributed by atoms with Crippen LogP contribution in [0.15, 0.2) is 24.3 Å². The Morgan fingerprint density at radius 2 is 1.89 bits per heavy atom. The van der Waals surface area contributed by atoms with E-state index in [4.69, 9.17) is 5.11 Å². The molecule has 0 radical (unpaired) electrons. The van der Waals surface area contributed by atoms with Crippen LogP contribution in [0.5, 0.6) is 0 Å². The molecule has 1 aromatic rings. The van der Waals surface area contributed by atoms with E-state index in [1.165, 1.54) is 11.1 Å². The molecule has 3 rings (SSSR count). The van der Waals surface area contributed by atoms with Gasteiger partial charge in [0, 0.05) is 19.1 Å². The van der Waals surface area contributed by atoms with Crippen LogP contribution in [-0.2, 0) is 4.79 Å². The van der Waals surface area contributed by atoms with E-state index in [0.29, 0.717) is 12.5 Å². The summed E-state index contributed by atoms with van der Waals surface area (Å²) in [7, 11) is 1.86. The van der Waals surface area contributed by atoms with Crippen LogP contribution in [0.4, 0.5) is 4.79 Å². The lowest BCUT2D eigenvalue weighted by Gasteiger charge is -2.32. The fourth-order valence-corrected chi connectivity index (χ4v) is 4.46. The molecule has 3 atom stereocenters. The Balaban J connectivity index is 1.59. The average Bonchev–Trinajstić information content (AvgIpc) is 2.90. The number of benzene rings is 1. The van der Waals surface area contributed by atoms with Crippen LogP contribution in [0.25, 0.3) is 0 Å². The fourth-order valence-electron chi connectivity index (χ4n) is 4.46. The molecule has 1 aromatic carbocycles. The monoisotopic (exact) mass is 373 g/mol. The number of likely N-dealkylation sites (N-methyl/N-ethyl adjacent to an activating group) is 1. The summed E-state index contributed by atoms with van der Waals surface area (Å²) < 4.78 is 0. The number of nitrogens with zero attached hydrogens (tertiary/aromatic N) is 2. The van der Waals surface area contributed by atoms with Crippen LogP contribution in [0.1, 0.15) is 62.1 Å². The van der Waals surface area contributed by atoms with E-state index in [1.54, 1.807) is 0 Å². The number of carboxylic acids is 1. The maximum absolute atomic E-state index is 12.9. The highest BCUT2D eigenvalue weighted by atomic mass is 16.4. The first-order chi connectivity index (χ1) is 13.0. The molecular weight excluding hydrogens is 342 g/mol. The molecule has 1 heterocycles. The van der Waals surface area contributed by atoms with E-state index in [9.17, 15) is 9.59 Å². The van der Waals surface area contributed by atoms with Gasteiger partial charge in [0.05, 0.1) is 12.6 Å². The van der Waals surface area contributed by atoms with Crippen LogP contribution >= 0.6 is 0 Å². The van der Waals surface area contributed by atoms with Gasteiger partial charge in [-0.15, -0.1) is 0 Å². The van der Waals surface area contributed by atoms with Crippen LogP contribution in [0, 0.1) is 0 Å². The van der Waals surface area contributed by atoms with E-state index in [-0.39, 0.29) is 24.7 Å². The lowest BCUT2D eigenvalue weighted by atomic mass is 9.81. The zero-order valence-corrected chi connectivity index (χ0v) is 16.4. The average molecular weight is 373 g/mol. The van der Waals surface area contributed by atoms with E-state index < -0.39 is 5.97 Å². The van der Waals surface area contributed by atoms with E-state index >= 15 is 0 Å². The molecule has 0 saturated carbocycles. The van der Waals surface area contributed by atoms with Crippen molar-refractivity contribution in [3.8, 4) is 0 Å². The number of likely N-dealkylation sites (tertiary alicyclic amines) is 1. The number of carboxylic acid groups (broad SMARTS) is 1. The third kappa shape index (κ3) is 4.80. The first-order valence-electron chi connectivity index (χ1n) is 10.0. The van der Waals surface area contributed by atoms with E-state index in [0.717, 1.165) is 38.6 Å². The standard InChI is InChI=1S/C21H31N3O3/c1-15-9-10-19(18-8-4-3-7-17(15)18)22-21(27)24-12-5-6-16(11-13-24)23(2)14-20(25)26/h3-4,7-8,15-16,19H,5-6,9-14H2,1-2H3,(H,22,27)(H,25,26). The second kappa shape index (κ2) is 8.74. The second-order valence-electron chi connectivity index (χ2n) is 7.99. The van der Waals surface area contributed by atoms with Gasteiger partial charge in [0.25, 0.3) is 0 Å². The molecule has 1 aliphatic heterocycles. The Morgan fingerprint density at radius 1 is 1.15 bits per heavy atom. The molecule has 27 heavy (non-hydrogen) atoms. The number of urea groups is 1. The van der Waals surface area contributed by atoms with E-state index in [2.05, 4.69) is 30.4 Å². The third-order valence-electron chi connectivity index (χ3n) is 6.08. The molecule has 0 spiro atoms. The first kappa shape index (κ1) is 19.7. The van der Waals surface area contributed by atoms with Crippen LogP contribution in [0.3, 0.4) is 0 Å². The predicted molar refractivity (Wildman–Crippen MR) is 105 cm³/mol. The molecule has 2 N–H and O–H groups in total. The largest absolute Gasteiger partial charge is 0.480 e. The summed E-state index contributed by atoms with van der Waals surface area (Å²) in [5, 5.41) is 12.2. The summed E-state index contributed by atoms with van der Waals surface area (Å²) in [6, 6.07) is 8.73. The molecule has 1 aliphatic carbocycles. The molecule has 2 aliphatic rings. The Morgan fingerprint density at radius 3 is 2.63 bits per heavy atom. The number of aliphatic carboxylic acids is 1. The van der Waals surface area contributed by atoms with Crippen LogP contribution in [0.2, 0.25) is 0 Å². The number of nitrogens with one attached hydrogen (secondary N) is 1. The third-order valence-corrected chi connectivity index (χ3v) is 6.08. The number of carbonyl (C=O) groups excluding carboxylic acids is 1. The fraction of sp³-hybridized carbons (Fsp3) is 0.619. The summed E-state index contributed by atoms with van der Waals surface area (Å²) in [6.07, 6.45) is 4.71. The van der Waals surface area contributed by atoms with E-state index in [1.807, 2.05) is 22.9 Å². The van der Waals surface area contributed by atoms with Crippen molar-refractivity contribution < 1.29 is 14.7 Å². The minimum atomic E-state index is -0.804. The smallest absolute Gasteiger partial charge is 0.317 e. The highest BCUT2D eigenvalue weighted by molar-refractivity contribution is 5.75. The first-order valence-corrected chi connectivity index (χ1v) is 10.0. The molecule has 2 amide bonds. The molecule has 6 nitrogen and oxygen atoms in total. The highest BCUT2D eigenvalue weighted by Gasteiger charge is 2.28. The molecule has 0 aromatic heterocycles. The van der Waals surface area contributed by atoms with Gasteiger partial charge in [0.1, 0.15) is 0 Å². The zero-order chi connectivity index (χ0) is 19.4. The van der Waals surface area contributed by atoms with Gasteiger partial charge in [-0.1, -0.05) is 31.2 Å². The van der Waals surface area contributed by atoms with Crippen LogP contribution < -0.4 is 5.32 Å². The number of hydrogen-bond donors (Lipinski definition) is 2. The Kier molecular flexibility index (Phi) is 6.37. The molecule has 148 valence electrons. The molecule has 0 bridgehead atoms. The Hall–Kier alpha value is -2.08. The van der Waals surface area contributed by atoms with Gasteiger partial charge in [-0.25, -0.2) is 4.79 Å². The number of carbonyl (C=O) groups is 2. The second-order valence-corrected chi connectivity index (χ2v) is 7.99. The summed E-state index contributed by atoms with van der Waals surface area (Å²) in [6.45, 7) is 3.70. The number of rotatable bonds is 4. The highest BCUT2D eigenvalue weighted by Crippen LogP contribution is 2.37. The minimum absolute atomic E-state index is 0.00546. The number of amides is 2. The van der Waals surface area contributed by atoms with Crippen molar-refractivity contribution in [1.82, 2.24) is 15.1 Å². The lowest BCUT2D eigenvalue weighted by Crippen LogP contribution is -2.43. The van der Waals surface area contributed by atoms with Gasteiger partial charge in [-0.05, 0) is 56.2 Å². The van der Waals surface area contributed by atoms with Crippen molar-refractivity contribution in [2.45, 2.75) is 57.0 Å². The molecule has 1 saturated heterocycles. The number of fused-ring (bicyclic) bond motifs is 1. The van der Waals surface area contributed by atoms with Crippen molar-refractivity contribution in [2.24, 2.45) is 0 Å². The molecule has 3 unspecified atom stereocenters. The predicted octanol–water partition coefficient (Wildman–Crippen LogP) is 3.21. The summed E-state index contributed by atoms with van der Waals surface area (Å²) >= 11 is 0. The SMILES string of the molecule is CC1CCC(NC(=O)N2CCCC(N(C)CC(=O)O)CC2)c2ccccc21. The lowest BCUT2D eigenvalue weighted by molar-refractivity contribution is -0.138. The minimum Gasteiger partial charge on any atom is -0.480 e. The molecule has 6 heteroatoms. The molecule has 1 fully saturated rings. The topological polar surface area (TPSA) is 72.9 Å². The Bertz CT molecular complexity index is 678. The molecular formula is C21H31N3O3. The summed E-state index contributed by atoms with van der Waals surface area (Å²) in [5.41, 5.74) is 2.60. The maximum Gasteiger partial charge on any atom is 0.317 e. The summed E-state index contributed by atoms with van der Waals surface area (Å²) in [5.74, 6) is -0.264. The van der Waals surface area contributed by atoms with Crippen molar-refractivity contribution >= 4 is 12.0 Å². The normalized spacial score (nSPS) is 25.6.